The van der Waals surface area contributed by atoms with E-state index < -0.39 is 0 Å². The highest BCUT2D eigenvalue weighted by Crippen LogP contribution is 2.38. The van der Waals surface area contributed by atoms with Gasteiger partial charge < -0.3 is 14.8 Å². The van der Waals surface area contributed by atoms with Crippen LogP contribution in [-0.4, -0.2) is 17.3 Å². The van der Waals surface area contributed by atoms with E-state index in [4.69, 9.17) is 33.3 Å². The van der Waals surface area contributed by atoms with Gasteiger partial charge in [0, 0.05) is 0 Å². The van der Waals surface area contributed by atoms with Crippen molar-refractivity contribution in [2.45, 2.75) is 6.61 Å². The molecule has 0 aliphatic carbocycles. The van der Waals surface area contributed by atoms with E-state index in [9.17, 15) is 9.18 Å². The Morgan fingerprint density at radius 3 is 2.81 bits per heavy atom. The number of ether oxygens (including phenoxy) is 2. The van der Waals surface area contributed by atoms with Crippen molar-refractivity contribution in [3.8, 4) is 11.5 Å². The first-order chi connectivity index (χ1) is 12.5. The average Bonchev–Trinajstić information content (AvgIpc) is 2.90. The van der Waals surface area contributed by atoms with E-state index in [1.54, 1.807) is 30.3 Å². The van der Waals surface area contributed by atoms with Crippen molar-refractivity contribution in [3.63, 3.8) is 0 Å². The highest BCUT2D eigenvalue weighted by Gasteiger charge is 2.22. The van der Waals surface area contributed by atoms with Crippen LogP contribution in [0.2, 0.25) is 5.02 Å². The molecule has 26 heavy (non-hydrogen) atoms. The Balaban J connectivity index is 1.84. The fourth-order valence-corrected chi connectivity index (χ4v) is 3.64. The zero-order valence-corrected chi connectivity index (χ0v) is 15.9. The largest absolute Gasteiger partial charge is 0.493 e. The van der Waals surface area contributed by atoms with Crippen LogP contribution >= 0.6 is 35.6 Å². The molecule has 1 amide bonds. The SMILES string of the molecule is COc1cc(/C=C2\SC(=S)NC2=O)cc(Cl)c1OCc1cccc(F)c1. The van der Waals surface area contributed by atoms with Gasteiger partial charge in [0.05, 0.1) is 17.0 Å². The number of benzene rings is 2. The van der Waals surface area contributed by atoms with Gasteiger partial charge in [-0.25, -0.2) is 4.39 Å². The van der Waals surface area contributed by atoms with Crippen molar-refractivity contribution in [1.82, 2.24) is 5.32 Å². The molecular weight excluding hydrogens is 397 g/mol. The molecule has 8 heteroatoms. The van der Waals surface area contributed by atoms with Gasteiger partial charge in [-0.05, 0) is 41.5 Å². The molecule has 0 atom stereocenters. The number of halogens is 2. The topological polar surface area (TPSA) is 47.6 Å². The van der Waals surface area contributed by atoms with Gasteiger partial charge in [0.15, 0.2) is 11.5 Å². The van der Waals surface area contributed by atoms with Crippen LogP contribution in [0, 0.1) is 5.82 Å². The summed E-state index contributed by atoms with van der Waals surface area (Å²) < 4.78 is 24.7. The molecule has 2 aromatic rings. The first-order valence-corrected chi connectivity index (χ1v) is 9.06. The number of nitrogens with one attached hydrogen (secondary N) is 1. The summed E-state index contributed by atoms with van der Waals surface area (Å²) in [7, 11) is 1.49. The molecule has 1 heterocycles. The predicted molar refractivity (Wildman–Crippen MR) is 105 cm³/mol. The lowest BCUT2D eigenvalue weighted by atomic mass is 10.1. The number of rotatable bonds is 5. The quantitative estimate of drug-likeness (QED) is 0.579. The van der Waals surface area contributed by atoms with Crippen molar-refractivity contribution in [2.24, 2.45) is 0 Å². The number of carbonyl (C=O) groups is 1. The standard InChI is InChI=1S/C18H13ClFNO3S2/c1-23-14-7-11(8-15-17(22)21-18(25)26-15)6-13(19)16(14)24-9-10-3-2-4-12(20)5-10/h2-8H,9H2,1H3,(H,21,22,25)/b15-8-. The van der Waals surface area contributed by atoms with E-state index in [1.807, 2.05) is 0 Å². The minimum absolute atomic E-state index is 0.140. The third-order valence-electron chi connectivity index (χ3n) is 3.46. The van der Waals surface area contributed by atoms with Crippen LogP contribution in [-0.2, 0) is 11.4 Å². The first kappa shape index (κ1) is 18.7. The van der Waals surface area contributed by atoms with Gasteiger partial charge in [-0.15, -0.1) is 0 Å². The Labute approximate surface area is 164 Å². The van der Waals surface area contributed by atoms with Crippen LogP contribution in [0.25, 0.3) is 6.08 Å². The minimum atomic E-state index is -0.337. The Morgan fingerprint density at radius 2 is 2.15 bits per heavy atom. The number of methoxy groups -OCH3 is 1. The lowest BCUT2D eigenvalue weighted by Gasteiger charge is -2.13. The summed E-state index contributed by atoms with van der Waals surface area (Å²) in [5, 5.41) is 2.87. The van der Waals surface area contributed by atoms with Crippen LogP contribution in [0.4, 0.5) is 4.39 Å². The zero-order chi connectivity index (χ0) is 18.7. The van der Waals surface area contributed by atoms with Gasteiger partial charge in [0.2, 0.25) is 0 Å². The molecule has 4 nitrogen and oxygen atoms in total. The summed E-state index contributed by atoms with van der Waals surface area (Å²) in [5.41, 5.74) is 1.34. The second kappa shape index (κ2) is 8.07. The number of thioether (sulfide) groups is 1. The number of amides is 1. The molecule has 0 unspecified atom stereocenters. The summed E-state index contributed by atoms with van der Waals surface area (Å²) >= 11 is 12.5. The van der Waals surface area contributed by atoms with Crippen LogP contribution < -0.4 is 14.8 Å². The van der Waals surface area contributed by atoms with Crippen LogP contribution in [0.1, 0.15) is 11.1 Å². The number of hydrogen-bond donors (Lipinski definition) is 1. The third-order valence-corrected chi connectivity index (χ3v) is 4.91. The van der Waals surface area contributed by atoms with Gasteiger partial charge >= 0.3 is 0 Å². The van der Waals surface area contributed by atoms with E-state index >= 15 is 0 Å². The minimum Gasteiger partial charge on any atom is -0.493 e. The Morgan fingerprint density at radius 1 is 1.35 bits per heavy atom. The molecule has 0 saturated carbocycles. The Kier molecular flexibility index (Phi) is 5.80. The fourth-order valence-electron chi connectivity index (χ4n) is 2.32. The zero-order valence-electron chi connectivity index (χ0n) is 13.5. The molecule has 0 radical (unpaired) electrons. The van der Waals surface area contributed by atoms with E-state index in [0.717, 1.165) is 0 Å². The summed E-state index contributed by atoms with van der Waals surface area (Å²) in [5.74, 6) is 0.171. The summed E-state index contributed by atoms with van der Waals surface area (Å²) in [4.78, 5) is 12.2. The molecule has 2 aromatic carbocycles. The van der Waals surface area contributed by atoms with E-state index in [2.05, 4.69) is 5.32 Å². The normalized spacial score (nSPS) is 15.3. The van der Waals surface area contributed by atoms with Crippen molar-refractivity contribution in [3.05, 3.63) is 63.3 Å². The van der Waals surface area contributed by atoms with Gasteiger partial charge in [-0.2, -0.15) is 0 Å². The van der Waals surface area contributed by atoms with Crippen LogP contribution in [0.5, 0.6) is 11.5 Å². The van der Waals surface area contributed by atoms with Crippen LogP contribution in [0.15, 0.2) is 41.3 Å². The van der Waals surface area contributed by atoms with Crippen LogP contribution in [0.3, 0.4) is 0 Å². The second-order valence-corrected chi connectivity index (χ2v) is 7.43. The molecule has 1 fully saturated rings. The monoisotopic (exact) mass is 409 g/mol. The highest BCUT2D eigenvalue weighted by atomic mass is 35.5. The van der Waals surface area contributed by atoms with Gasteiger partial charge in [-0.3, -0.25) is 4.79 Å². The van der Waals surface area contributed by atoms with Crippen molar-refractivity contribution in [2.75, 3.05) is 7.11 Å². The fraction of sp³-hybridized carbons (Fsp3) is 0.111. The summed E-state index contributed by atoms with van der Waals surface area (Å²) in [6.07, 6.45) is 1.67. The smallest absolute Gasteiger partial charge is 0.263 e. The maximum absolute atomic E-state index is 13.3. The summed E-state index contributed by atoms with van der Waals surface area (Å²) in [6, 6.07) is 9.47. The van der Waals surface area contributed by atoms with Gasteiger partial charge in [-0.1, -0.05) is 47.7 Å². The van der Waals surface area contributed by atoms with Gasteiger partial charge in [0.25, 0.3) is 5.91 Å². The molecule has 1 N–H and O–H groups in total. The molecular formula is C18H13ClFNO3S2. The molecule has 134 valence electrons. The molecule has 1 saturated heterocycles. The first-order valence-electron chi connectivity index (χ1n) is 7.46. The molecule has 3 rings (SSSR count). The highest BCUT2D eigenvalue weighted by molar-refractivity contribution is 8.26. The molecule has 0 spiro atoms. The molecule has 0 bridgehead atoms. The second-order valence-electron chi connectivity index (χ2n) is 5.30. The van der Waals surface area contributed by atoms with Crippen molar-refractivity contribution < 1.29 is 18.7 Å². The lowest BCUT2D eigenvalue weighted by Crippen LogP contribution is -2.17. The number of thiocarbonyl (C=S) groups is 1. The average molecular weight is 410 g/mol. The summed E-state index contributed by atoms with van der Waals surface area (Å²) in [6.45, 7) is 0.140. The Hall–Kier alpha value is -2.09. The maximum atomic E-state index is 13.3. The lowest BCUT2D eigenvalue weighted by molar-refractivity contribution is -0.115. The molecule has 1 aliphatic heterocycles. The van der Waals surface area contributed by atoms with Crippen molar-refractivity contribution >= 4 is 51.9 Å². The molecule has 1 aliphatic rings. The van der Waals surface area contributed by atoms with E-state index in [-0.39, 0.29) is 18.3 Å². The van der Waals surface area contributed by atoms with Crippen molar-refractivity contribution in [1.29, 1.82) is 0 Å². The van der Waals surface area contributed by atoms with E-state index in [0.29, 0.717) is 36.9 Å². The van der Waals surface area contributed by atoms with Gasteiger partial charge in [0.1, 0.15) is 16.7 Å². The molecule has 0 aromatic heterocycles. The Bertz CT molecular complexity index is 917. The predicted octanol–water partition coefficient (Wildman–Crippen LogP) is 4.56. The number of hydrogen-bond acceptors (Lipinski definition) is 5. The number of carbonyl (C=O) groups excluding carboxylic acids is 1. The van der Waals surface area contributed by atoms with E-state index in [1.165, 1.54) is 31.0 Å². The third kappa shape index (κ3) is 4.35. The maximum Gasteiger partial charge on any atom is 0.263 e.